The van der Waals surface area contributed by atoms with Crippen LogP contribution in [-0.2, 0) is 4.74 Å². The van der Waals surface area contributed by atoms with Gasteiger partial charge in [-0.15, -0.1) is 11.8 Å². The van der Waals surface area contributed by atoms with Crippen LogP contribution in [0.15, 0.2) is 11.1 Å². The van der Waals surface area contributed by atoms with Crippen molar-refractivity contribution >= 4 is 11.8 Å². The minimum atomic E-state index is 0.894. The number of hydrogen-bond acceptors (Lipinski definition) is 4. The van der Waals surface area contributed by atoms with E-state index in [1.807, 2.05) is 11.8 Å². The zero-order chi connectivity index (χ0) is 8.23. The van der Waals surface area contributed by atoms with Gasteiger partial charge in [0.25, 0.3) is 0 Å². The van der Waals surface area contributed by atoms with Gasteiger partial charge in [0, 0.05) is 30.7 Å². The third kappa shape index (κ3) is 2.15. The molecule has 0 saturated carbocycles. The molecule has 68 valence electrons. The lowest BCUT2D eigenvalue weighted by Gasteiger charge is -2.26. The summed E-state index contributed by atoms with van der Waals surface area (Å²) in [6, 6.07) is 0. The van der Waals surface area contributed by atoms with Crippen LogP contribution >= 0.6 is 11.8 Å². The van der Waals surface area contributed by atoms with Crippen LogP contribution in [-0.4, -0.2) is 43.6 Å². The van der Waals surface area contributed by atoms with E-state index in [9.17, 15) is 0 Å². The molecular formula is C8H14N2OS. The molecule has 0 aromatic heterocycles. The summed E-state index contributed by atoms with van der Waals surface area (Å²) in [4.78, 5) is 3.90. The van der Waals surface area contributed by atoms with Crippen molar-refractivity contribution in [3.63, 3.8) is 0 Å². The van der Waals surface area contributed by atoms with Crippen molar-refractivity contribution in [1.82, 2.24) is 10.2 Å². The van der Waals surface area contributed by atoms with Crippen molar-refractivity contribution in [3.8, 4) is 0 Å². The van der Waals surface area contributed by atoms with Gasteiger partial charge in [0.1, 0.15) is 0 Å². The summed E-state index contributed by atoms with van der Waals surface area (Å²) >= 11 is 1.90. The lowest BCUT2D eigenvalue weighted by Crippen LogP contribution is -2.37. The van der Waals surface area contributed by atoms with Crippen LogP contribution in [0.2, 0.25) is 0 Å². The summed E-state index contributed by atoms with van der Waals surface area (Å²) in [7, 11) is 0. The standard InChI is InChI=1S/C8H14N2OS/c1-3-11-4-2-10(1)6-8-5-9-7-12-8/h5,9H,1-4,6-7H2. The van der Waals surface area contributed by atoms with Crippen LogP contribution in [0.25, 0.3) is 0 Å². The Morgan fingerprint density at radius 3 is 3.00 bits per heavy atom. The fraction of sp³-hybridized carbons (Fsp3) is 0.750. The first kappa shape index (κ1) is 8.41. The molecule has 0 aliphatic carbocycles. The summed E-state index contributed by atoms with van der Waals surface area (Å²) in [5.74, 6) is 1.04. The van der Waals surface area contributed by atoms with Crippen LogP contribution in [0.1, 0.15) is 0 Å². The molecule has 0 unspecified atom stereocenters. The van der Waals surface area contributed by atoms with Gasteiger partial charge in [-0.25, -0.2) is 0 Å². The number of morpholine rings is 1. The first-order chi connectivity index (χ1) is 5.95. The first-order valence-electron chi connectivity index (χ1n) is 4.30. The van der Waals surface area contributed by atoms with E-state index >= 15 is 0 Å². The molecule has 2 rings (SSSR count). The first-order valence-corrected chi connectivity index (χ1v) is 5.29. The van der Waals surface area contributed by atoms with Gasteiger partial charge in [-0.05, 0) is 0 Å². The normalized spacial score (nSPS) is 25.2. The van der Waals surface area contributed by atoms with Crippen LogP contribution < -0.4 is 5.32 Å². The summed E-state index contributed by atoms with van der Waals surface area (Å²) < 4.78 is 5.28. The lowest BCUT2D eigenvalue weighted by atomic mass is 10.4. The number of ether oxygens (including phenoxy) is 1. The quantitative estimate of drug-likeness (QED) is 0.677. The van der Waals surface area contributed by atoms with Gasteiger partial charge in [-0.3, -0.25) is 4.90 Å². The van der Waals surface area contributed by atoms with E-state index in [1.54, 1.807) is 0 Å². The summed E-state index contributed by atoms with van der Waals surface area (Å²) in [5, 5.41) is 3.20. The molecule has 2 aliphatic rings. The SMILES string of the molecule is C1=C(CN2CCOCC2)SCN1. The van der Waals surface area contributed by atoms with Gasteiger partial charge >= 0.3 is 0 Å². The topological polar surface area (TPSA) is 24.5 Å². The maximum absolute atomic E-state index is 5.28. The Labute approximate surface area is 77.1 Å². The summed E-state index contributed by atoms with van der Waals surface area (Å²) in [6.45, 7) is 5.05. The fourth-order valence-electron chi connectivity index (χ4n) is 1.40. The zero-order valence-corrected chi connectivity index (χ0v) is 7.90. The second-order valence-electron chi connectivity index (χ2n) is 2.99. The molecule has 12 heavy (non-hydrogen) atoms. The highest BCUT2D eigenvalue weighted by atomic mass is 32.2. The van der Waals surface area contributed by atoms with E-state index in [1.165, 1.54) is 4.91 Å². The van der Waals surface area contributed by atoms with Gasteiger partial charge in [-0.1, -0.05) is 0 Å². The number of nitrogens with one attached hydrogen (secondary N) is 1. The Kier molecular flexibility index (Phi) is 2.92. The maximum Gasteiger partial charge on any atom is 0.0649 e. The molecule has 2 heterocycles. The zero-order valence-electron chi connectivity index (χ0n) is 7.08. The predicted octanol–water partition coefficient (Wildman–Crippen LogP) is 0.454. The Bertz CT molecular complexity index is 178. The van der Waals surface area contributed by atoms with Crippen molar-refractivity contribution in [2.45, 2.75) is 0 Å². The molecule has 1 N–H and O–H groups in total. The monoisotopic (exact) mass is 186 g/mol. The molecule has 0 aromatic rings. The molecule has 0 amide bonds. The predicted molar refractivity (Wildman–Crippen MR) is 50.9 cm³/mol. The van der Waals surface area contributed by atoms with Gasteiger partial charge in [0.2, 0.25) is 0 Å². The van der Waals surface area contributed by atoms with E-state index in [-0.39, 0.29) is 0 Å². The summed E-state index contributed by atoms with van der Waals surface area (Å²) in [5.41, 5.74) is 0. The number of thioether (sulfide) groups is 1. The highest BCUT2D eigenvalue weighted by Gasteiger charge is 2.13. The molecule has 0 radical (unpaired) electrons. The van der Waals surface area contributed by atoms with Crippen LogP contribution in [0.4, 0.5) is 0 Å². The lowest BCUT2D eigenvalue weighted by molar-refractivity contribution is 0.0431. The average molecular weight is 186 g/mol. The molecular weight excluding hydrogens is 172 g/mol. The molecule has 3 nitrogen and oxygen atoms in total. The molecule has 0 aromatic carbocycles. The molecule has 0 spiro atoms. The molecule has 1 saturated heterocycles. The van der Waals surface area contributed by atoms with Crippen molar-refractivity contribution in [2.24, 2.45) is 0 Å². The Morgan fingerprint density at radius 2 is 2.33 bits per heavy atom. The highest BCUT2D eigenvalue weighted by molar-refractivity contribution is 8.03. The molecule has 0 atom stereocenters. The minimum Gasteiger partial charge on any atom is -0.381 e. The van der Waals surface area contributed by atoms with E-state index in [4.69, 9.17) is 4.74 Å². The Hall–Kier alpha value is -0.190. The Morgan fingerprint density at radius 1 is 1.50 bits per heavy atom. The van der Waals surface area contributed by atoms with Crippen molar-refractivity contribution < 1.29 is 4.74 Å². The third-order valence-corrected chi connectivity index (χ3v) is 3.02. The van der Waals surface area contributed by atoms with Crippen molar-refractivity contribution in [3.05, 3.63) is 11.1 Å². The van der Waals surface area contributed by atoms with Crippen LogP contribution in [0.3, 0.4) is 0 Å². The number of nitrogens with zero attached hydrogens (tertiary/aromatic N) is 1. The Balaban J connectivity index is 1.77. The second kappa shape index (κ2) is 4.16. The van der Waals surface area contributed by atoms with Gasteiger partial charge in [0.05, 0.1) is 19.1 Å². The fourth-order valence-corrected chi connectivity index (χ4v) is 2.20. The smallest absolute Gasteiger partial charge is 0.0649 e. The molecule has 4 heteroatoms. The van der Waals surface area contributed by atoms with Gasteiger partial charge in [0.15, 0.2) is 0 Å². The van der Waals surface area contributed by atoms with Crippen molar-refractivity contribution in [1.29, 1.82) is 0 Å². The number of hydrogen-bond donors (Lipinski definition) is 1. The van der Waals surface area contributed by atoms with E-state index in [2.05, 4.69) is 16.4 Å². The molecule has 1 fully saturated rings. The number of rotatable bonds is 2. The van der Waals surface area contributed by atoms with Gasteiger partial charge < -0.3 is 10.1 Å². The largest absolute Gasteiger partial charge is 0.381 e. The third-order valence-electron chi connectivity index (χ3n) is 2.09. The van der Waals surface area contributed by atoms with Crippen LogP contribution in [0, 0.1) is 0 Å². The molecule has 2 aliphatic heterocycles. The van der Waals surface area contributed by atoms with E-state index < -0.39 is 0 Å². The van der Waals surface area contributed by atoms with E-state index in [0.29, 0.717) is 0 Å². The summed E-state index contributed by atoms with van der Waals surface area (Å²) in [6.07, 6.45) is 2.13. The molecule has 0 bridgehead atoms. The minimum absolute atomic E-state index is 0.894. The second-order valence-corrected chi connectivity index (χ2v) is 4.09. The maximum atomic E-state index is 5.28. The van der Waals surface area contributed by atoms with Crippen molar-refractivity contribution in [2.75, 3.05) is 38.7 Å². The van der Waals surface area contributed by atoms with Gasteiger partial charge in [-0.2, -0.15) is 0 Å². The highest BCUT2D eigenvalue weighted by Crippen LogP contribution is 2.19. The van der Waals surface area contributed by atoms with Crippen LogP contribution in [0.5, 0.6) is 0 Å². The van der Waals surface area contributed by atoms with E-state index in [0.717, 1.165) is 38.7 Å². The average Bonchev–Trinajstić information content (AvgIpc) is 2.59.